The molecule has 132 valence electrons. The van der Waals surface area contributed by atoms with Crippen LogP contribution in [0.3, 0.4) is 0 Å². The molecule has 0 spiro atoms. The van der Waals surface area contributed by atoms with Gasteiger partial charge >= 0.3 is 0 Å². The average molecular weight is 339 g/mol. The number of nitrogens with one attached hydrogen (secondary N) is 2. The van der Waals surface area contributed by atoms with Gasteiger partial charge in [-0.05, 0) is 48.7 Å². The van der Waals surface area contributed by atoms with Crippen LogP contribution in [0.15, 0.2) is 42.5 Å². The van der Waals surface area contributed by atoms with Crippen molar-refractivity contribution in [2.45, 2.75) is 33.2 Å². The van der Waals surface area contributed by atoms with Crippen molar-refractivity contribution in [3.63, 3.8) is 0 Å². The van der Waals surface area contributed by atoms with E-state index in [1.165, 1.54) is 0 Å². The summed E-state index contributed by atoms with van der Waals surface area (Å²) in [6, 6.07) is 12.5. The molecule has 0 aromatic heterocycles. The number of hydrogen-bond acceptors (Lipinski definition) is 3. The summed E-state index contributed by atoms with van der Waals surface area (Å²) in [5, 5.41) is 5.76. The van der Waals surface area contributed by atoms with Crippen LogP contribution in [0.2, 0.25) is 0 Å². The monoisotopic (exact) mass is 339 g/mol. The first-order valence-electron chi connectivity index (χ1n) is 8.52. The van der Waals surface area contributed by atoms with E-state index in [2.05, 4.69) is 17.6 Å². The lowest BCUT2D eigenvalue weighted by atomic mass is 10.1. The van der Waals surface area contributed by atoms with Gasteiger partial charge in [0, 0.05) is 29.9 Å². The first kappa shape index (κ1) is 18.5. The van der Waals surface area contributed by atoms with Crippen LogP contribution in [0.1, 0.15) is 51.6 Å². The molecule has 0 heterocycles. The van der Waals surface area contributed by atoms with E-state index in [0.29, 0.717) is 29.9 Å². The van der Waals surface area contributed by atoms with Crippen LogP contribution in [0.5, 0.6) is 0 Å². The molecule has 0 radical (unpaired) electrons. The van der Waals surface area contributed by atoms with Crippen LogP contribution in [0.25, 0.3) is 0 Å². The maximum absolute atomic E-state index is 12.3. The summed E-state index contributed by atoms with van der Waals surface area (Å²) in [5.41, 5.74) is 9.32. The molecule has 2 aromatic carbocycles. The third-order valence-electron chi connectivity index (χ3n) is 3.99. The van der Waals surface area contributed by atoms with Gasteiger partial charge in [0.05, 0.1) is 0 Å². The maximum atomic E-state index is 12.3. The Morgan fingerprint density at radius 3 is 2.40 bits per heavy atom. The molecule has 5 heteroatoms. The van der Waals surface area contributed by atoms with Crippen molar-refractivity contribution >= 4 is 17.5 Å². The largest absolute Gasteiger partial charge is 0.399 e. The van der Waals surface area contributed by atoms with Gasteiger partial charge < -0.3 is 16.4 Å². The molecule has 0 aliphatic carbocycles. The molecule has 4 N–H and O–H groups in total. The van der Waals surface area contributed by atoms with Crippen molar-refractivity contribution in [3.8, 4) is 0 Å². The number of nitrogens with two attached hydrogens (primary N) is 1. The Morgan fingerprint density at radius 1 is 1.00 bits per heavy atom. The first-order chi connectivity index (χ1) is 12.0. The maximum Gasteiger partial charge on any atom is 0.251 e. The molecule has 2 amide bonds. The third-order valence-corrected chi connectivity index (χ3v) is 3.99. The van der Waals surface area contributed by atoms with E-state index in [1.54, 1.807) is 24.3 Å². The molecule has 0 bridgehead atoms. The number of carbonyl (C=O) groups excluding carboxylic acids is 2. The van der Waals surface area contributed by atoms with Crippen LogP contribution >= 0.6 is 0 Å². The Balaban J connectivity index is 1.92. The molecule has 0 saturated heterocycles. The number of amides is 2. The number of nitrogen functional groups attached to an aromatic ring is 1. The van der Waals surface area contributed by atoms with E-state index in [9.17, 15) is 9.59 Å². The Morgan fingerprint density at radius 2 is 1.72 bits per heavy atom. The zero-order chi connectivity index (χ0) is 18.2. The molecule has 2 aromatic rings. The summed E-state index contributed by atoms with van der Waals surface area (Å²) >= 11 is 0. The summed E-state index contributed by atoms with van der Waals surface area (Å²) in [4.78, 5) is 24.2. The summed E-state index contributed by atoms with van der Waals surface area (Å²) in [6.07, 6.45) is 2.02. The van der Waals surface area contributed by atoms with E-state index >= 15 is 0 Å². The predicted molar refractivity (Wildman–Crippen MR) is 100 cm³/mol. The summed E-state index contributed by atoms with van der Waals surface area (Å²) in [5.74, 6) is -0.231. The topological polar surface area (TPSA) is 84.2 Å². The Bertz CT molecular complexity index is 739. The van der Waals surface area contributed by atoms with Gasteiger partial charge in [-0.3, -0.25) is 9.59 Å². The molecule has 25 heavy (non-hydrogen) atoms. The highest BCUT2D eigenvalue weighted by Gasteiger charge is 2.09. The van der Waals surface area contributed by atoms with Gasteiger partial charge in [0.15, 0.2) is 0 Å². The number of aryl methyl sites for hydroxylation is 1. The molecule has 0 fully saturated rings. The van der Waals surface area contributed by atoms with Crippen LogP contribution in [0.4, 0.5) is 5.69 Å². The van der Waals surface area contributed by atoms with Gasteiger partial charge in [-0.1, -0.05) is 31.5 Å². The van der Waals surface area contributed by atoms with Gasteiger partial charge in [0.2, 0.25) is 0 Å². The lowest BCUT2D eigenvalue weighted by Crippen LogP contribution is -2.25. The van der Waals surface area contributed by atoms with Gasteiger partial charge in [0.1, 0.15) is 0 Å². The highest BCUT2D eigenvalue weighted by molar-refractivity contribution is 5.96. The van der Waals surface area contributed by atoms with Crippen molar-refractivity contribution in [1.82, 2.24) is 10.6 Å². The van der Waals surface area contributed by atoms with Gasteiger partial charge in [-0.25, -0.2) is 0 Å². The van der Waals surface area contributed by atoms with Crippen molar-refractivity contribution in [1.29, 1.82) is 0 Å². The molecule has 0 unspecified atom stereocenters. The van der Waals surface area contributed by atoms with Crippen LogP contribution in [-0.4, -0.2) is 18.4 Å². The number of carbonyl (C=O) groups is 2. The van der Waals surface area contributed by atoms with Gasteiger partial charge in [-0.2, -0.15) is 0 Å². The Labute approximate surface area is 148 Å². The molecule has 0 atom stereocenters. The minimum atomic E-state index is -0.161. The number of unbranched alkanes of at least 4 members (excludes halogenated alkanes) is 1. The van der Waals surface area contributed by atoms with Gasteiger partial charge in [0.25, 0.3) is 11.8 Å². The second-order valence-electron chi connectivity index (χ2n) is 6.06. The average Bonchev–Trinajstić information content (AvgIpc) is 2.62. The summed E-state index contributed by atoms with van der Waals surface area (Å²) in [7, 11) is 0. The second kappa shape index (κ2) is 8.87. The molecule has 0 saturated carbocycles. The SMILES string of the molecule is CCCCNC(=O)c1ccc(CNC(=O)c2cc(N)ccc2C)cc1. The first-order valence-corrected chi connectivity index (χ1v) is 8.52. The third kappa shape index (κ3) is 5.35. The van der Waals surface area contributed by atoms with Crippen LogP contribution in [0, 0.1) is 6.92 Å². The minimum Gasteiger partial charge on any atom is -0.399 e. The number of anilines is 1. The second-order valence-corrected chi connectivity index (χ2v) is 6.06. The lowest BCUT2D eigenvalue weighted by molar-refractivity contribution is 0.0942. The molecular formula is C20H25N3O2. The van der Waals surface area contributed by atoms with Crippen molar-refractivity contribution in [2.24, 2.45) is 0 Å². The van der Waals surface area contributed by atoms with E-state index < -0.39 is 0 Å². The van der Waals surface area contributed by atoms with Crippen LogP contribution < -0.4 is 16.4 Å². The smallest absolute Gasteiger partial charge is 0.251 e. The molecule has 2 rings (SSSR count). The quantitative estimate of drug-likeness (QED) is 0.535. The molecule has 5 nitrogen and oxygen atoms in total. The number of rotatable bonds is 7. The highest BCUT2D eigenvalue weighted by Crippen LogP contribution is 2.13. The van der Waals surface area contributed by atoms with Crippen molar-refractivity contribution in [2.75, 3.05) is 12.3 Å². The Kier molecular flexibility index (Phi) is 6.57. The molecule has 0 aliphatic rings. The zero-order valence-electron chi connectivity index (χ0n) is 14.8. The van der Waals surface area contributed by atoms with Gasteiger partial charge in [-0.15, -0.1) is 0 Å². The normalized spacial score (nSPS) is 10.3. The minimum absolute atomic E-state index is 0.0700. The van der Waals surface area contributed by atoms with Crippen LogP contribution in [-0.2, 0) is 6.54 Å². The molecular weight excluding hydrogens is 314 g/mol. The summed E-state index contributed by atoms with van der Waals surface area (Å²) < 4.78 is 0. The van der Waals surface area contributed by atoms with E-state index in [4.69, 9.17) is 5.73 Å². The fourth-order valence-corrected chi connectivity index (χ4v) is 2.42. The highest BCUT2D eigenvalue weighted by atomic mass is 16.2. The predicted octanol–water partition coefficient (Wildman–Crippen LogP) is 3.04. The molecule has 0 aliphatic heterocycles. The van der Waals surface area contributed by atoms with Crippen molar-refractivity contribution < 1.29 is 9.59 Å². The number of benzene rings is 2. The fraction of sp³-hybridized carbons (Fsp3) is 0.300. The van der Waals surface area contributed by atoms with E-state index in [0.717, 1.165) is 24.0 Å². The van der Waals surface area contributed by atoms with E-state index in [-0.39, 0.29) is 11.8 Å². The lowest BCUT2D eigenvalue weighted by Gasteiger charge is -2.09. The van der Waals surface area contributed by atoms with E-state index in [1.807, 2.05) is 25.1 Å². The fourth-order valence-electron chi connectivity index (χ4n) is 2.42. The summed E-state index contributed by atoms with van der Waals surface area (Å²) in [6.45, 7) is 5.04. The van der Waals surface area contributed by atoms with Crippen molar-refractivity contribution in [3.05, 3.63) is 64.7 Å². The zero-order valence-corrected chi connectivity index (χ0v) is 14.8. The Hall–Kier alpha value is -2.82. The number of hydrogen-bond donors (Lipinski definition) is 3. The standard InChI is InChI=1S/C20H25N3O2/c1-3-4-11-22-19(24)16-8-6-15(7-9-16)13-23-20(25)18-12-17(21)10-5-14(18)2/h5-10,12H,3-4,11,13,21H2,1-2H3,(H,22,24)(H,23,25).